The number of fused-ring (bicyclic) bond motifs is 1. The summed E-state index contributed by atoms with van der Waals surface area (Å²) in [5.41, 5.74) is 8.24. The van der Waals surface area contributed by atoms with Crippen molar-refractivity contribution in [2.45, 2.75) is 13.3 Å². The summed E-state index contributed by atoms with van der Waals surface area (Å²) in [4.78, 5) is 15.6. The van der Waals surface area contributed by atoms with Gasteiger partial charge in [-0.3, -0.25) is 9.20 Å². The molecule has 2 aromatic heterocycles. The van der Waals surface area contributed by atoms with Gasteiger partial charge in [0.2, 0.25) is 0 Å². The number of halogens is 1. The summed E-state index contributed by atoms with van der Waals surface area (Å²) in [7, 11) is 1.34. The maximum Gasteiger partial charge on any atom is 0.311 e. The van der Waals surface area contributed by atoms with Crippen LogP contribution in [-0.2, 0) is 16.0 Å². The fraction of sp³-hybridized carbons (Fsp3) is 0.273. The number of anilines is 1. The molecule has 2 aromatic rings. The lowest BCUT2D eigenvalue weighted by Gasteiger charge is -2.00. The van der Waals surface area contributed by atoms with Gasteiger partial charge in [0.05, 0.1) is 23.7 Å². The van der Waals surface area contributed by atoms with Gasteiger partial charge in [0.15, 0.2) is 5.65 Å². The summed E-state index contributed by atoms with van der Waals surface area (Å²) in [6.07, 6.45) is 1.96. The first-order valence-corrected chi connectivity index (χ1v) is 5.81. The second kappa shape index (κ2) is 4.37. The molecular formula is C11H12BrN3O2. The molecule has 2 heterocycles. The van der Waals surface area contributed by atoms with Gasteiger partial charge in [0, 0.05) is 6.20 Å². The minimum Gasteiger partial charge on any atom is -0.469 e. The lowest BCUT2D eigenvalue weighted by atomic mass is 10.3. The number of nitrogen functional groups attached to an aromatic ring is 1. The second-order valence-corrected chi connectivity index (χ2v) is 4.61. The Morgan fingerprint density at radius 3 is 3.00 bits per heavy atom. The molecule has 0 saturated heterocycles. The van der Waals surface area contributed by atoms with Crippen molar-refractivity contribution in [3.8, 4) is 0 Å². The molecule has 0 atom stereocenters. The zero-order chi connectivity index (χ0) is 12.6. The first-order valence-electron chi connectivity index (χ1n) is 5.02. The largest absolute Gasteiger partial charge is 0.469 e. The highest BCUT2D eigenvalue weighted by Gasteiger charge is 2.15. The van der Waals surface area contributed by atoms with Crippen LogP contribution in [0.2, 0.25) is 0 Å². The Bertz CT molecular complexity index is 592. The SMILES string of the molecule is COC(=O)Cc1nc2c(Br)cc(C)cn2c1N. The monoisotopic (exact) mass is 297 g/mol. The molecule has 0 bridgehead atoms. The van der Waals surface area contributed by atoms with E-state index in [-0.39, 0.29) is 12.4 Å². The molecule has 0 aliphatic heterocycles. The molecule has 0 saturated carbocycles. The predicted molar refractivity (Wildman–Crippen MR) is 67.8 cm³/mol. The van der Waals surface area contributed by atoms with Crippen molar-refractivity contribution < 1.29 is 9.53 Å². The number of nitrogens with two attached hydrogens (primary N) is 1. The number of rotatable bonds is 2. The number of aryl methyl sites for hydroxylation is 1. The minimum absolute atomic E-state index is 0.0789. The number of carbonyl (C=O) groups excluding carboxylic acids is 1. The molecule has 5 nitrogen and oxygen atoms in total. The van der Waals surface area contributed by atoms with Crippen molar-refractivity contribution in [3.63, 3.8) is 0 Å². The van der Waals surface area contributed by atoms with Crippen molar-refractivity contribution >= 4 is 33.4 Å². The first-order chi connectivity index (χ1) is 8.02. The Kier molecular flexibility index (Phi) is 3.06. The third kappa shape index (κ3) is 2.12. The molecule has 0 aliphatic rings. The lowest BCUT2D eigenvalue weighted by molar-refractivity contribution is -0.139. The van der Waals surface area contributed by atoms with E-state index < -0.39 is 0 Å². The summed E-state index contributed by atoms with van der Waals surface area (Å²) in [5.74, 6) is 0.114. The zero-order valence-electron chi connectivity index (χ0n) is 9.53. The standard InChI is InChI=1S/C11H12BrN3O2/c1-6-3-7(12)11-14-8(4-9(16)17-2)10(13)15(11)5-6/h3,5H,4,13H2,1-2H3. The summed E-state index contributed by atoms with van der Waals surface area (Å²) in [6, 6.07) is 1.95. The van der Waals surface area contributed by atoms with Crippen molar-refractivity contribution in [1.82, 2.24) is 9.38 Å². The summed E-state index contributed by atoms with van der Waals surface area (Å²) in [5, 5.41) is 0. The molecule has 2 N–H and O–H groups in total. The van der Waals surface area contributed by atoms with Crippen LogP contribution in [-0.4, -0.2) is 22.5 Å². The number of carbonyl (C=O) groups is 1. The van der Waals surface area contributed by atoms with E-state index in [9.17, 15) is 4.79 Å². The van der Waals surface area contributed by atoms with Gasteiger partial charge in [-0.1, -0.05) is 0 Å². The maximum atomic E-state index is 11.2. The molecule has 0 aromatic carbocycles. The summed E-state index contributed by atoms with van der Waals surface area (Å²) >= 11 is 3.42. The average Bonchev–Trinajstić information content (AvgIpc) is 2.57. The van der Waals surface area contributed by atoms with Crippen molar-refractivity contribution in [3.05, 3.63) is 28.0 Å². The van der Waals surface area contributed by atoms with E-state index in [1.807, 2.05) is 19.2 Å². The highest BCUT2D eigenvalue weighted by atomic mass is 79.9. The van der Waals surface area contributed by atoms with E-state index in [1.165, 1.54) is 7.11 Å². The van der Waals surface area contributed by atoms with E-state index in [0.717, 1.165) is 10.0 Å². The zero-order valence-corrected chi connectivity index (χ0v) is 11.1. The lowest BCUT2D eigenvalue weighted by Crippen LogP contribution is -2.07. The molecule has 2 rings (SSSR count). The third-order valence-electron chi connectivity index (χ3n) is 2.46. The molecule has 0 fully saturated rings. The van der Waals surface area contributed by atoms with Gasteiger partial charge >= 0.3 is 5.97 Å². The Morgan fingerprint density at radius 2 is 2.35 bits per heavy atom. The van der Waals surface area contributed by atoms with Gasteiger partial charge < -0.3 is 10.5 Å². The van der Waals surface area contributed by atoms with E-state index >= 15 is 0 Å². The Morgan fingerprint density at radius 1 is 1.65 bits per heavy atom. The average molecular weight is 298 g/mol. The number of ether oxygens (including phenoxy) is 1. The fourth-order valence-electron chi connectivity index (χ4n) is 1.64. The van der Waals surface area contributed by atoms with Gasteiger partial charge in [-0.25, -0.2) is 4.98 Å². The van der Waals surface area contributed by atoms with E-state index in [2.05, 4.69) is 25.7 Å². The van der Waals surface area contributed by atoms with Crippen LogP contribution in [0.1, 0.15) is 11.3 Å². The molecule has 0 amide bonds. The van der Waals surface area contributed by atoms with E-state index in [0.29, 0.717) is 17.2 Å². The number of aromatic nitrogens is 2. The predicted octanol–water partition coefficient (Wildman–Crippen LogP) is 1.70. The Balaban J connectivity index is 2.56. The van der Waals surface area contributed by atoms with Gasteiger partial charge in [-0.2, -0.15) is 0 Å². The van der Waals surface area contributed by atoms with Crippen LogP contribution in [0.15, 0.2) is 16.7 Å². The van der Waals surface area contributed by atoms with Gasteiger partial charge in [-0.15, -0.1) is 0 Å². The van der Waals surface area contributed by atoms with Crippen LogP contribution in [0, 0.1) is 6.92 Å². The minimum atomic E-state index is -0.354. The van der Waals surface area contributed by atoms with Crippen LogP contribution in [0.3, 0.4) is 0 Å². The molecular weight excluding hydrogens is 286 g/mol. The van der Waals surface area contributed by atoms with Crippen LogP contribution in [0.5, 0.6) is 0 Å². The number of methoxy groups -OCH3 is 1. The van der Waals surface area contributed by atoms with Gasteiger partial charge in [0.25, 0.3) is 0 Å². The molecule has 6 heteroatoms. The Hall–Kier alpha value is -1.56. The molecule has 0 spiro atoms. The normalized spacial score (nSPS) is 10.8. The highest BCUT2D eigenvalue weighted by Crippen LogP contribution is 2.24. The number of pyridine rings is 1. The topological polar surface area (TPSA) is 69.6 Å². The fourth-order valence-corrected chi connectivity index (χ4v) is 2.28. The summed E-state index contributed by atoms with van der Waals surface area (Å²) < 4.78 is 7.21. The highest BCUT2D eigenvalue weighted by molar-refractivity contribution is 9.10. The number of hydrogen-bond acceptors (Lipinski definition) is 4. The maximum absolute atomic E-state index is 11.2. The molecule has 17 heavy (non-hydrogen) atoms. The van der Waals surface area contributed by atoms with Crippen LogP contribution in [0.25, 0.3) is 5.65 Å². The van der Waals surface area contributed by atoms with E-state index in [4.69, 9.17) is 5.73 Å². The smallest absolute Gasteiger partial charge is 0.311 e. The molecule has 0 aliphatic carbocycles. The number of esters is 1. The summed E-state index contributed by atoms with van der Waals surface area (Å²) in [6.45, 7) is 1.96. The molecule has 0 unspecified atom stereocenters. The number of nitrogens with zero attached hydrogens (tertiary/aromatic N) is 2. The quantitative estimate of drug-likeness (QED) is 0.857. The molecule has 0 radical (unpaired) electrons. The van der Waals surface area contributed by atoms with Crippen LogP contribution < -0.4 is 5.73 Å². The number of imidazole rings is 1. The second-order valence-electron chi connectivity index (χ2n) is 3.76. The Labute approximate surface area is 107 Å². The van der Waals surface area contributed by atoms with Crippen molar-refractivity contribution in [1.29, 1.82) is 0 Å². The van der Waals surface area contributed by atoms with Crippen molar-refractivity contribution in [2.75, 3.05) is 12.8 Å². The van der Waals surface area contributed by atoms with Crippen molar-refractivity contribution in [2.24, 2.45) is 0 Å². The first kappa shape index (κ1) is 11.9. The van der Waals surface area contributed by atoms with Crippen LogP contribution in [0.4, 0.5) is 5.82 Å². The number of hydrogen-bond donors (Lipinski definition) is 1. The van der Waals surface area contributed by atoms with E-state index in [1.54, 1.807) is 4.40 Å². The van der Waals surface area contributed by atoms with Crippen LogP contribution >= 0.6 is 15.9 Å². The van der Waals surface area contributed by atoms with Gasteiger partial charge in [-0.05, 0) is 34.5 Å². The third-order valence-corrected chi connectivity index (χ3v) is 3.05. The molecule has 90 valence electrons. The van der Waals surface area contributed by atoms with Gasteiger partial charge in [0.1, 0.15) is 5.82 Å².